The fourth-order valence-corrected chi connectivity index (χ4v) is 7.97. The van der Waals surface area contributed by atoms with Crippen LogP contribution in [0.3, 0.4) is 0 Å². The summed E-state index contributed by atoms with van der Waals surface area (Å²) in [5, 5.41) is 11.3. The monoisotopic (exact) mass is 358 g/mol. The van der Waals surface area contributed by atoms with E-state index in [1.54, 1.807) is 0 Å². The molecule has 5 aliphatic rings. The van der Waals surface area contributed by atoms with Crippen molar-refractivity contribution in [2.45, 2.75) is 83.3 Å². The summed E-state index contributed by atoms with van der Waals surface area (Å²) in [5.41, 5.74) is 0.777. The summed E-state index contributed by atoms with van der Waals surface area (Å²) < 4.78 is 5.95. The number of carbonyl (C=O) groups excluding carboxylic acids is 2. The fourth-order valence-electron chi connectivity index (χ4n) is 7.97. The Morgan fingerprint density at radius 1 is 1.08 bits per heavy atom. The molecule has 1 saturated heterocycles. The van der Waals surface area contributed by atoms with Gasteiger partial charge in [0.15, 0.2) is 5.78 Å². The molecule has 4 heteroatoms. The number of hydrogen-bond donors (Lipinski definition) is 1. The number of aliphatic hydroxyl groups is 1. The predicted molar refractivity (Wildman–Crippen MR) is 96.2 cm³/mol. The van der Waals surface area contributed by atoms with Gasteiger partial charge in [-0.15, -0.1) is 0 Å². The van der Waals surface area contributed by atoms with E-state index in [2.05, 4.69) is 13.8 Å². The molecule has 0 aromatic carbocycles. The molecular weight excluding hydrogens is 328 g/mol. The average molecular weight is 358 g/mol. The third kappa shape index (κ3) is 1.95. The van der Waals surface area contributed by atoms with Crippen LogP contribution in [-0.4, -0.2) is 28.6 Å². The van der Waals surface area contributed by atoms with Crippen molar-refractivity contribution in [1.29, 1.82) is 0 Å². The van der Waals surface area contributed by atoms with Crippen LogP contribution >= 0.6 is 0 Å². The number of carbonyl (C=O) groups is 2. The highest BCUT2D eigenvalue weighted by Gasteiger charge is 2.68. The van der Waals surface area contributed by atoms with E-state index in [0.29, 0.717) is 24.7 Å². The fraction of sp³-hybridized carbons (Fsp3) is 0.818. The summed E-state index contributed by atoms with van der Waals surface area (Å²) in [7, 11) is 0. The Hall–Kier alpha value is -1.16. The van der Waals surface area contributed by atoms with Crippen LogP contribution < -0.4 is 0 Å². The van der Waals surface area contributed by atoms with Gasteiger partial charge in [-0.2, -0.15) is 0 Å². The van der Waals surface area contributed by atoms with Crippen LogP contribution in [0.1, 0.15) is 71.6 Å². The molecule has 0 radical (unpaired) electrons. The minimum absolute atomic E-state index is 0.0420. The lowest BCUT2D eigenvalue weighted by molar-refractivity contribution is -0.184. The number of esters is 1. The molecule has 4 nitrogen and oxygen atoms in total. The molecule has 142 valence electrons. The van der Waals surface area contributed by atoms with Crippen molar-refractivity contribution in [3.63, 3.8) is 0 Å². The average Bonchev–Trinajstić information content (AvgIpc) is 3.09. The van der Waals surface area contributed by atoms with Crippen molar-refractivity contribution < 1.29 is 19.4 Å². The van der Waals surface area contributed by atoms with Gasteiger partial charge in [-0.25, -0.2) is 0 Å². The minimum atomic E-state index is -0.377. The highest BCUT2D eigenvalue weighted by Crippen LogP contribution is 2.69. The van der Waals surface area contributed by atoms with Gasteiger partial charge in [0.05, 0.1) is 6.10 Å². The second-order valence-electron chi connectivity index (χ2n) is 10.1. The predicted octanol–water partition coefficient (Wildman–Crippen LogP) is 3.56. The second kappa shape index (κ2) is 5.21. The molecule has 5 rings (SSSR count). The number of allylic oxidation sites excluding steroid dienone is 1. The zero-order valence-electron chi connectivity index (χ0n) is 15.9. The molecule has 3 saturated carbocycles. The molecule has 5 unspecified atom stereocenters. The Kier molecular flexibility index (Phi) is 3.40. The summed E-state index contributed by atoms with van der Waals surface area (Å²) in [5.74, 6) is 1.41. The largest absolute Gasteiger partial charge is 0.458 e. The SMILES string of the molecule is CC12CCC(=O)C=C1CCC1C2[C@@H](O)CC2(C)C1CC[C@@]21CCC(=O)O1. The van der Waals surface area contributed by atoms with Gasteiger partial charge in [-0.05, 0) is 74.2 Å². The van der Waals surface area contributed by atoms with Crippen LogP contribution in [0.15, 0.2) is 11.6 Å². The maximum atomic E-state index is 11.9. The molecule has 1 aliphatic heterocycles. The van der Waals surface area contributed by atoms with Gasteiger partial charge < -0.3 is 9.84 Å². The van der Waals surface area contributed by atoms with Crippen LogP contribution in [0.2, 0.25) is 0 Å². The molecule has 1 heterocycles. The van der Waals surface area contributed by atoms with Crippen LogP contribution in [0, 0.1) is 28.6 Å². The van der Waals surface area contributed by atoms with E-state index >= 15 is 0 Å². The first-order chi connectivity index (χ1) is 12.3. The molecule has 0 aromatic rings. The summed E-state index contributed by atoms with van der Waals surface area (Å²) in [6.45, 7) is 4.56. The van der Waals surface area contributed by atoms with Gasteiger partial charge in [0.2, 0.25) is 0 Å². The minimum Gasteiger partial charge on any atom is -0.458 e. The third-order valence-electron chi connectivity index (χ3n) is 9.23. The lowest BCUT2D eigenvalue weighted by Crippen LogP contribution is -2.59. The van der Waals surface area contributed by atoms with E-state index in [1.807, 2.05) is 6.08 Å². The van der Waals surface area contributed by atoms with E-state index in [-0.39, 0.29) is 40.2 Å². The third-order valence-corrected chi connectivity index (χ3v) is 9.23. The molecule has 1 N–H and O–H groups in total. The molecular formula is C22H30O4. The maximum Gasteiger partial charge on any atom is 0.306 e. The topological polar surface area (TPSA) is 63.6 Å². The molecule has 26 heavy (non-hydrogen) atoms. The van der Waals surface area contributed by atoms with Crippen LogP contribution in [0.25, 0.3) is 0 Å². The summed E-state index contributed by atoms with van der Waals surface area (Å²) >= 11 is 0. The van der Waals surface area contributed by atoms with Crippen molar-refractivity contribution in [1.82, 2.24) is 0 Å². The summed E-state index contributed by atoms with van der Waals surface area (Å²) in [6, 6.07) is 0. The van der Waals surface area contributed by atoms with E-state index < -0.39 is 0 Å². The molecule has 0 aromatic heterocycles. The first-order valence-corrected chi connectivity index (χ1v) is 10.4. The number of rotatable bonds is 0. The van der Waals surface area contributed by atoms with Crippen molar-refractivity contribution in [3.05, 3.63) is 11.6 Å². The molecule has 0 bridgehead atoms. The van der Waals surface area contributed by atoms with Crippen molar-refractivity contribution in [2.24, 2.45) is 28.6 Å². The van der Waals surface area contributed by atoms with Crippen LogP contribution in [0.5, 0.6) is 0 Å². The normalized spacial score (nSPS) is 53.0. The van der Waals surface area contributed by atoms with Gasteiger partial charge in [-0.1, -0.05) is 19.4 Å². The Balaban J connectivity index is 1.53. The van der Waals surface area contributed by atoms with Gasteiger partial charge in [-0.3, -0.25) is 9.59 Å². The van der Waals surface area contributed by atoms with Crippen molar-refractivity contribution >= 4 is 11.8 Å². The van der Waals surface area contributed by atoms with Crippen LogP contribution in [0.4, 0.5) is 0 Å². The molecule has 4 aliphatic carbocycles. The van der Waals surface area contributed by atoms with Gasteiger partial charge in [0, 0.05) is 18.3 Å². The van der Waals surface area contributed by atoms with Gasteiger partial charge >= 0.3 is 5.97 Å². The highest BCUT2D eigenvalue weighted by molar-refractivity contribution is 5.91. The zero-order chi connectivity index (χ0) is 18.3. The molecule has 0 amide bonds. The van der Waals surface area contributed by atoms with E-state index in [0.717, 1.165) is 44.9 Å². The maximum absolute atomic E-state index is 11.9. The van der Waals surface area contributed by atoms with E-state index in [4.69, 9.17) is 4.74 Å². The number of ketones is 1. The van der Waals surface area contributed by atoms with Gasteiger partial charge in [0.25, 0.3) is 0 Å². The zero-order valence-corrected chi connectivity index (χ0v) is 15.9. The first kappa shape index (κ1) is 17.0. The number of aliphatic hydroxyl groups excluding tert-OH is 1. The Morgan fingerprint density at radius 3 is 2.62 bits per heavy atom. The second-order valence-corrected chi connectivity index (χ2v) is 10.1. The van der Waals surface area contributed by atoms with Crippen LogP contribution in [-0.2, 0) is 14.3 Å². The number of ether oxygens (including phenoxy) is 1. The van der Waals surface area contributed by atoms with Crippen molar-refractivity contribution in [3.8, 4) is 0 Å². The van der Waals surface area contributed by atoms with Gasteiger partial charge in [0.1, 0.15) is 5.60 Å². The lowest BCUT2D eigenvalue weighted by atomic mass is 9.45. The Morgan fingerprint density at radius 2 is 1.88 bits per heavy atom. The lowest BCUT2D eigenvalue weighted by Gasteiger charge is -2.60. The Labute approximate surface area is 155 Å². The molecule has 4 fully saturated rings. The smallest absolute Gasteiger partial charge is 0.306 e. The van der Waals surface area contributed by atoms with Crippen molar-refractivity contribution in [2.75, 3.05) is 0 Å². The summed E-state index contributed by atoms with van der Waals surface area (Å²) in [4.78, 5) is 23.9. The first-order valence-electron chi connectivity index (χ1n) is 10.4. The number of hydrogen-bond acceptors (Lipinski definition) is 4. The highest BCUT2D eigenvalue weighted by atomic mass is 16.6. The summed E-state index contributed by atoms with van der Waals surface area (Å²) in [6.07, 6.45) is 9.16. The standard InChI is InChI=1S/C22H30O4/c1-20-8-5-14(23)11-13(20)3-4-15-16-6-9-22(10-7-18(25)26-22)21(16,2)12-17(24)19(15)20/h11,15-17,19,24H,3-10,12H2,1-2H3/t15?,16?,17-,19?,20?,21?,22+/m0/s1. The van der Waals surface area contributed by atoms with E-state index in [1.165, 1.54) is 5.57 Å². The molecule has 1 spiro atoms. The quantitative estimate of drug-likeness (QED) is 0.673. The van der Waals surface area contributed by atoms with E-state index in [9.17, 15) is 14.7 Å². The molecule has 7 atom stereocenters. The Bertz CT molecular complexity index is 711. The number of fused-ring (bicyclic) bond motifs is 6.